The normalized spacial score (nSPS) is 24.8. The molecular formula is C13H19Cl2N. The van der Waals surface area contributed by atoms with E-state index in [2.05, 4.69) is 6.92 Å². The quantitative estimate of drug-likeness (QED) is 0.517. The summed E-state index contributed by atoms with van der Waals surface area (Å²) in [6, 6.07) is 0. The smallest absolute Gasteiger partial charge is 0.0610 e. The minimum absolute atomic E-state index is 0.727. The maximum absolute atomic E-state index is 6.22. The van der Waals surface area contributed by atoms with Gasteiger partial charge in [0.1, 0.15) is 0 Å². The molecule has 1 nitrogen and oxygen atoms in total. The van der Waals surface area contributed by atoms with Crippen LogP contribution in [0.25, 0.3) is 0 Å². The summed E-state index contributed by atoms with van der Waals surface area (Å²) in [7, 11) is 0. The van der Waals surface area contributed by atoms with E-state index in [1.54, 1.807) is 4.42 Å². The first-order valence-electron chi connectivity index (χ1n) is 6.24. The van der Waals surface area contributed by atoms with E-state index in [9.17, 15) is 0 Å². The fourth-order valence-electron chi connectivity index (χ4n) is 2.77. The third kappa shape index (κ3) is 2.57. The summed E-state index contributed by atoms with van der Waals surface area (Å²) in [6.45, 7) is 3.12. The van der Waals surface area contributed by atoms with Crippen LogP contribution in [0.15, 0.2) is 22.4 Å². The van der Waals surface area contributed by atoms with Gasteiger partial charge in [-0.15, -0.1) is 0 Å². The van der Waals surface area contributed by atoms with Crippen molar-refractivity contribution in [2.24, 2.45) is 5.92 Å². The highest BCUT2D eigenvalue weighted by molar-refractivity contribution is 6.32. The van der Waals surface area contributed by atoms with Crippen molar-refractivity contribution in [1.82, 2.24) is 4.42 Å². The van der Waals surface area contributed by atoms with E-state index in [1.807, 2.05) is 6.20 Å². The van der Waals surface area contributed by atoms with Gasteiger partial charge in [-0.25, -0.2) is 0 Å². The predicted octanol–water partition coefficient (Wildman–Crippen LogP) is 4.82. The van der Waals surface area contributed by atoms with E-state index < -0.39 is 0 Å². The zero-order valence-corrected chi connectivity index (χ0v) is 11.3. The largest absolute Gasteiger partial charge is 0.287 e. The summed E-state index contributed by atoms with van der Waals surface area (Å²) < 4.78 is 1.69. The van der Waals surface area contributed by atoms with Crippen LogP contribution < -0.4 is 0 Å². The number of halogens is 2. The molecule has 0 spiro atoms. The third-order valence-corrected chi connectivity index (χ3v) is 4.19. The summed E-state index contributed by atoms with van der Waals surface area (Å²) in [5.74, 6) is 0.727. The van der Waals surface area contributed by atoms with Crippen LogP contribution in [0.3, 0.4) is 0 Å². The average molecular weight is 260 g/mol. The van der Waals surface area contributed by atoms with Crippen molar-refractivity contribution in [2.75, 3.05) is 6.54 Å². The Morgan fingerprint density at radius 2 is 2.25 bits per heavy atom. The Labute approximate surface area is 108 Å². The fraction of sp³-hybridized carbons (Fsp3) is 0.692. The van der Waals surface area contributed by atoms with E-state index >= 15 is 0 Å². The van der Waals surface area contributed by atoms with Crippen LogP contribution in [0, 0.1) is 5.92 Å². The molecule has 0 saturated carbocycles. The van der Waals surface area contributed by atoms with Crippen molar-refractivity contribution >= 4 is 23.4 Å². The monoisotopic (exact) mass is 259 g/mol. The molecule has 1 heterocycles. The van der Waals surface area contributed by atoms with E-state index in [0.717, 1.165) is 23.9 Å². The molecule has 3 heteroatoms. The minimum atomic E-state index is 0.727. The van der Waals surface area contributed by atoms with Crippen molar-refractivity contribution < 1.29 is 0 Å². The molecule has 0 aromatic rings. The van der Waals surface area contributed by atoms with Gasteiger partial charge in [0.05, 0.1) is 11.6 Å². The number of hydrogen-bond donors (Lipinski definition) is 0. The minimum Gasteiger partial charge on any atom is -0.287 e. The van der Waals surface area contributed by atoms with Gasteiger partial charge in [-0.1, -0.05) is 37.8 Å². The molecule has 0 radical (unpaired) electrons. The molecule has 90 valence electrons. The molecule has 0 N–H and O–H groups in total. The van der Waals surface area contributed by atoms with E-state index in [-0.39, 0.29) is 0 Å². The Kier molecular flexibility index (Phi) is 4.21. The van der Waals surface area contributed by atoms with Crippen molar-refractivity contribution in [3.05, 3.63) is 22.4 Å². The van der Waals surface area contributed by atoms with Gasteiger partial charge in [0.15, 0.2) is 0 Å². The van der Waals surface area contributed by atoms with Crippen LogP contribution >= 0.6 is 23.4 Å². The van der Waals surface area contributed by atoms with Crippen molar-refractivity contribution in [3.63, 3.8) is 0 Å². The number of nitrogens with zero attached hydrogens (tertiary/aromatic N) is 1. The summed E-state index contributed by atoms with van der Waals surface area (Å²) in [5.41, 5.74) is 2.87. The zero-order valence-electron chi connectivity index (χ0n) is 9.81. The predicted molar refractivity (Wildman–Crippen MR) is 70.4 cm³/mol. The highest BCUT2D eigenvalue weighted by Crippen LogP contribution is 2.42. The first kappa shape index (κ1) is 12.3. The maximum Gasteiger partial charge on any atom is 0.0610 e. The van der Waals surface area contributed by atoms with Crippen LogP contribution in [0.5, 0.6) is 0 Å². The highest BCUT2D eigenvalue weighted by Gasteiger charge is 2.29. The molecule has 16 heavy (non-hydrogen) atoms. The molecule has 1 aliphatic heterocycles. The van der Waals surface area contributed by atoms with Gasteiger partial charge in [0.2, 0.25) is 0 Å². The molecule has 0 aromatic heterocycles. The van der Waals surface area contributed by atoms with Gasteiger partial charge in [0.25, 0.3) is 0 Å². The standard InChI is InChI=1S/C13H19Cl2N/c1-2-3-4-5-10-6-7-11-12(10)8-16(15)9-13(11)14/h9-10H,2-8H2,1H3. The van der Waals surface area contributed by atoms with Gasteiger partial charge in [-0.3, -0.25) is 4.42 Å². The Morgan fingerprint density at radius 3 is 3.00 bits per heavy atom. The van der Waals surface area contributed by atoms with Crippen LogP contribution in [-0.2, 0) is 0 Å². The molecule has 0 bridgehead atoms. The summed E-state index contributed by atoms with van der Waals surface area (Å²) in [6.07, 6.45) is 9.53. The molecule has 1 atom stereocenters. The van der Waals surface area contributed by atoms with E-state index in [4.69, 9.17) is 23.4 Å². The van der Waals surface area contributed by atoms with E-state index in [0.29, 0.717) is 0 Å². The second-order valence-electron chi connectivity index (χ2n) is 4.77. The molecule has 1 aliphatic carbocycles. The van der Waals surface area contributed by atoms with Crippen molar-refractivity contribution in [3.8, 4) is 0 Å². The topological polar surface area (TPSA) is 3.24 Å². The lowest BCUT2D eigenvalue weighted by Crippen LogP contribution is -2.17. The summed E-state index contributed by atoms with van der Waals surface area (Å²) >= 11 is 12.3. The molecule has 0 saturated heterocycles. The number of allylic oxidation sites excluding steroid dienone is 2. The molecule has 0 aromatic carbocycles. The van der Waals surface area contributed by atoms with Gasteiger partial charge in [0, 0.05) is 18.0 Å². The fourth-order valence-corrected chi connectivity index (χ4v) is 3.38. The van der Waals surface area contributed by atoms with Crippen molar-refractivity contribution in [2.45, 2.75) is 45.4 Å². The summed E-state index contributed by atoms with van der Waals surface area (Å²) in [4.78, 5) is 0. The zero-order chi connectivity index (χ0) is 11.5. The van der Waals surface area contributed by atoms with Gasteiger partial charge >= 0.3 is 0 Å². The van der Waals surface area contributed by atoms with Crippen LogP contribution in [-0.4, -0.2) is 11.0 Å². The Morgan fingerprint density at radius 1 is 1.44 bits per heavy atom. The van der Waals surface area contributed by atoms with Gasteiger partial charge < -0.3 is 0 Å². The second-order valence-corrected chi connectivity index (χ2v) is 5.61. The Bertz CT molecular complexity index is 320. The van der Waals surface area contributed by atoms with Crippen LogP contribution in [0.2, 0.25) is 0 Å². The maximum atomic E-state index is 6.22. The van der Waals surface area contributed by atoms with E-state index in [1.165, 1.54) is 43.3 Å². The molecule has 1 unspecified atom stereocenters. The first-order chi connectivity index (χ1) is 7.72. The van der Waals surface area contributed by atoms with Crippen LogP contribution in [0.1, 0.15) is 45.4 Å². The lowest BCUT2D eigenvalue weighted by molar-refractivity contribution is 0.486. The second kappa shape index (κ2) is 5.46. The average Bonchev–Trinajstić information content (AvgIpc) is 2.62. The first-order valence-corrected chi connectivity index (χ1v) is 6.96. The molecule has 0 fully saturated rings. The molecular weight excluding hydrogens is 241 g/mol. The molecule has 2 rings (SSSR count). The lowest BCUT2D eigenvalue weighted by Gasteiger charge is -2.23. The van der Waals surface area contributed by atoms with Gasteiger partial charge in [-0.2, -0.15) is 0 Å². The SMILES string of the molecule is CCCCCC1CCC2=C1CN(Cl)C=C2Cl. The summed E-state index contributed by atoms with van der Waals surface area (Å²) in [5, 5.41) is 0.856. The molecule has 2 aliphatic rings. The number of unbranched alkanes of at least 4 members (excludes halogenated alkanes) is 2. The van der Waals surface area contributed by atoms with Gasteiger partial charge in [-0.05, 0) is 36.3 Å². The Hall–Kier alpha value is -0.140. The van der Waals surface area contributed by atoms with Crippen LogP contribution in [0.4, 0.5) is 0 Å². The third-order valence-electron chi connectivity index (χ3n) is 3.64. The number of hydrogen-bond acceptors (Lipinski definition) is 1. The number of rotatable bonds is 4. The van der Waals surface area contributed by atoms with Crippen molar-refractivity contribution in [1.29, 1.82) is 0 Å². The molecule has 0 amide bonds. The highest BCUT2D eigenvalue weighted by atomic mass is 35.5. The Balaban J connectivity index is 2.01. The lowest BCUT2D eigenvalue weighted by atomic mass is 9.93.